The zero-order chi connectivity index (χ0) is 9.14. The second-order valence-electron chi connectivity index (χ2n) is 2.82. The third-order valence-electron chi connectivity index (χ3n) is 1.63. The fourth-order valence-corrected chi connectivity index (χ4v) is 1.16. The summed E-state index contributed by atoms with van der Waals surface area (Å²) in [5, 5.41) is 2.79. The molecule has 3 heteroatoms. The van der Waals surface area contributed by atoms with E-state index in [9.17, 15) is 4.79 Å². The van der Waals surface area contributed by atoms with Gasteiger partial charge in [0, 0.05) is 0 Å². The number of aryl methyl sites for hydroxylation is 2. The summed E-state index contributed by atoms with van der Waals surface area (Å²) in [4.78, 5) is 11.3. The zero-order valence-corrected chi connectivity index (χ0v) is 7.60. The van der Waals surface area contributed by atoms with E-state index in [1.165, 1.54) is 0 Å². The summed E-state index contributed by atoms with van der Waals surface area (Å²) in [6.45, 7) is 4.04. The van der Waals surface area contributed by atoms with E-state index in [0.29, 0.717) is 12.3 Å². The number of carbonyl (C=O) groups excluding carboxylic acids is 1. The van der Waals surface area contributed by atoms with Crippen molar-refractivity contribution in [1.29, 1.82) is 0 Å². The lowest BCUT2D eigenvalue weighted by Crippen LogP contribution is -2.18. The number of carbonyl (C=O) groups is 1. The van der Waals surface area contributed by atoms with E-state index < -0.39 is 0 Å². The predicted molar refractivity (Wildman–Crippen MR) is 46.4 cm³/mol. The molecule has 1 heterocycles. The third kappa shape index (κ3) is 1.74. The second-order valence-corrected chi connectivity index (χ2v) is 2.82. The van der Waals surface area contributed by atoms with Gasteiger partial charge in [0.2, 0.25) is 5.78 Å². The van der Waals surface area contributed by atoms with E-state index in [4.69, 9.17) is 4.42 Å². The van der Waals surface area contributed by atoms with E-state index in [0.717, 1.165) is 11.3 Å². The zero-order valence-electron chi connectivity index (χ0n) is 7.60. The van der Waals surface area contributed by atoms with Crippen LogP contribution in [-0.2, 0) is 0 Å². The monoisotopic (exact) mass is 167 g/mol. The Morgan fingerprint density at radius 1 is 1.58 bits per heavy atom. The Hall–Kier alpha value is -1.09. The van der Waals surface area contributed by atoms with Gasteiger partial charge in [-0.2, -0.15) is 0 Å². The van der Waals surface area contributed by atoms with Crippen molar-refractivity contribution in [3.63, 3.8) is 0 Å². The van der Waals surface area contributed by atoms with E-state index in [1.807, 2.05) is 19.9 Å². The first kappa shape index (κ1) is 9.00. The van der Waals surface area contributed by atoms with E-state index >= 15 is 0 Å². The van der Waals surface area contributed by atoms with Crippen LogP contribution in [0.1, 0.15) is 21.9 Å². The van der Waals surface area contributed by atoms with Gasteiger partial charge < -0.3 is 9.73 Å². The lowest BCUT2D eigenvalue weighted by Gasteiger charge is -1.95. The SMILES string of the molecule is CNCC(=O)c1oc(C)cc1C. The van der Waals surface area contributed by atoms with Gasteiger partial charge in [-0.05, 0) is 32.5 Å². The van der Waals surface area contributed by atoms with Gasteiger partial charge in [0.1, 0.15) is 5.76 Å². The van der Waals surface area contributed by atoms with Crippen LogP contribution in [0.5, 0.6) is 0 Å². The number of rotatable bonds is 3. The smallest absolute Gasteiger partial charge is 0.211 e. The molecule has 0 unspecified atom stereocenters. The highest BCUT2D eigenvalue weighted by Crippen LogP contribution is 2.13. The molecule has 1 N–H and O–H groups in total. The molecule has 1 aromatic rings. The summed E-state index contributed by atoms with van der Waals surface area (Å²) >= 11 is 0. The molecule has 0 aliphatic carbocycles. The van der Waals surface area contributed by atoms with Crippen LogP contribution in [0.2, 0.25) is 0 Å². The first-order valence-corrected chi connectivity index (χ1v) is 3.90. The number of hydrogen-bond donors (Lipinski definition) is 1. The quantitative estimate of drug-likeness (QED) is 0.690. The van der Waals surface area contributed by atoms with Crippen LogP contribution >= 0.6 is 0 Å². The predicted octanol–water partition coefficient (Wildman–Crippen LogP) is 1.30. The average Bonchev–Trinajstić information content (AvgIpc) is 2.30. The molecule has 0 radical (unpaired) electrons. The average molecular weight is 167 g/mol. The molecular weight excluding hydrogens is 154 g/mol. The fourth-order valence-electron chi connectivity index (χ4n) is 1.16. The summed E-state index contributed by atoms with van der Waals surface area (Å²) < 4.78 is 5.24. The summed E-state index contributed by atoms with van der Waals surface area (Å²) in [7, 11) is 1.74. The van der Waals surface area contributed by atoms with Crippen molar-refractivity contribution in [2.75, 3.05) is 13.6 Å². The highest BCUT2D eigenvalue weighted by molar-refractivity contribution is 5.96. The first-order chi connectivity index (χ1) is 5.65. The number of Topliss-reactive ketones (excluding diaryl/α,β-unsaturated/α-hetero) is 1. The molecule has 0 aliphatic rings. The highest BCUT2D eigenvalue weighted by Gasteiger charge is 2.12. The van der Waals surface area contributed by atoms with Gasteiger partial charge in [-0.15, -0.1) is 0 Å². The van der Waals surface area contributed by atoms with Crippen molar-refractivity contribution < 1.29 is 9.21 Å². The van der Waals surface area contributed by atoms with Crippen molar-refractivity contribution in [1.82, 2.24) is 5.32 Å². The molecule has 0 saturated carbocycles. The number of likely N-dealkylation sites (N-methyl/N-ethyl adjacent to an activating group) is 1. The standard InChI is InChI=1S/C9H13NO2/c1-6-4-7(2)12-9(6)8(11)5-10-3/h4,10H,5H2,1-3H3. The van der Waals surface area contributed by atoms with Crippen molar-refractivity contribution in [3.05, 3.63) is 23.2 Å². The molecule has 1 rings (SSSR count). The fraction of sp³-hybridized carbons (Fsp3) is 0.444. The number of hydrogen-bond acceptors (Lipinski definition) is 3. The van der Waals surface area contributed by atoms with Crippen LogP contribution in [0.15, 0.2) is 10.5 Å². The van der Waals surface area contributed by atoms with Gasteiger partial charge >= 0.3 is 0 Å². The lowest BCUT2D eigenvalue weighted by molar-refractivity contribution is 0.0965. The van der Waals surface area contributed by atoms with E-state index in [2.05, 4.69) is 5.32 Å². The topological polar surface area (TPSA) is 42.2 Å². The largest absolute Gasteiger partial charge is 0.458 e. The minimum Gasteiger partial charge on any atom is -0.458 e. The maximum absolute atomic E-state index is 11.3. The molecular formula is C9H13NO2. The third-order valence-corrected chi connectivity index (χ3v) is 1.63. The number of furan rings is 1. The van der Waals surface area contributed by atoms with Crippen LogP contribution in [0.25, 0.3) is 0 Å². The maximum Gasteiger partial charge on any atom is 0.211 e. The first-order valence-electron chi connectivity index (χ1n) is 3.90. The molecule has 0 aromatic carbocycles. The van der Waals surface area contributed by atoms with Crippen LogP contribution in [0, 0.1) is 13.8 Å². The molecule has 0 amide bonds. The van der Waals surface area contributed by atoms with Crippen LogP contribution in [0.4, 0.5) is 0 Å². The van der Waals surface area contributed by atoms with Gasteiger partial charge in [0.05, 0.1) is 6.54 Å². The summed E-state index contributed by atoms with van der Waals surface area (Å²) in [5.41, 5.74) is 0.910. The second kappa shape index (κ2) is 3.54. The van der Waals surface area contributed by atoms with Crippen molar-refractivity contribution in [2.45, 2.75) is 13.8 Å². The van der Waals surface area contributed by atoms with E-state index in [1.54, 1.807) is 7.05 Å². The van der Waals surface area contributed by atoms with Gasteiger partial charge in [0.15, 0.2) is 5.76 Å². The molecule has 0 bridgehead atoms. The molecule has 0 atom stereocenters. The summed E-state index contributed by atoms with van der Waals surface area (Å²) in [5.74, 6) is 1.26. The summed E-state index contributed by atoms with van der Waals surface area (Å²) in [6, 6.07) is 1.86. The normalized spacial score (nSPS) is 10.2. The molecule has 0 saturated heterocycles. The van der Waals surface area contributed by atoms with Crippen LogP contribution in [-0.4, -0.2) is 19.4 Å². The summed E-state index contributed by atoms with van der Waals surface area (Å²) in [6.07, 6.45) is 0. The molecule has 0 spiro atoms. The Bertz CT molecular complexity index is 289. The van der Waals surface area contributed by atoms with Gasteiger partial charge in [-0.3, -0.25) is 4.79 Å². The molecule has 66 valence electrons. The van der Waals surface area contributed by atoms with Gasteiger partial charge in [-0.1, -0.05) is 0 Å². The van der Waals surface area contributed by atoms with Crippen molar-refractivity contribution in [2.24, 2.45) is 0 Å². The maximum atomic E-state index is 11.3. The number of nitrogens with one attached hydrogen (secondary N) is 1. The van der Waals surface area contributed by atoms with Gasteiger partial charge in [0.25, 0.3) is 0 Å². The Balaban J connectivity index is 2.87. The van der Waals surface area contributed by atoms with Crippen molar-refractivity contribution in [3.8, 4) is 0 Å². The molecule has 1 aromatic heterocycles. The van der Waals surface area contributed by atoms with Crippen LogP contribution in [0.3, 0.4) is 0 Å². The minimum atomic E-state index is 0.00287. The Morgan fingerprint density at radius 2 is 2.25 bits per heavy atom. The molecule has 0 fully saturated rings. The Kier molecular flexibility index (Phi) is 2.65. The number of ketones is 1. The molecule has 0 aliphatic heterocycles. The Morgan fingerprint density at radius 3 is 2.67 bits per heavy atom. The molecule has 3 nitrogen and oxygen atoms in total. The van der Waals surface area contributed by atoms with Crippen LogP contribution < -0.4 is 5.32 Å². The Labute approximate surface area is 71.8 Å². The highest BCUT2D eigenvalue weighted by atomic mass is 16.3. The van der Waals surface area contributed by atoms with Crippen molar-refractivity contribution >= 4 is 5.78 Å². The van der Waals surface area contributed by atoms with E-state index in [-0.39, 0.29) is 5.78 Å². The lowest BCUT2D eigenvalue weighted by atomic mass is 10.2. The van der Waals surface area contributed by atoms with Gasteiger partial charge in [-0.25, -0.2) is 0 Å². The minimum absolute atomic E-state index is 0.00287. The molecule has 12 heavy (non-hydrogen) atoms.